The van der Waals surface area contributed by atoms with Gasteiger partial charge in [0.15, 0.2) is 11.5 Å². The number of carbonyl (C=O) groups excluding carboxylic acids is 1. The van der Waals surface area contributed by atoms with Crippen molar-refractivity contribution in [3.05, 3.63) is 57.6 Å². The van der Waals surface area contributed by atoms with Crippen molar-refractivity contribution in [1.29, 1.82) is 0 Å². The van der Waals surface area contributed by atoms with Crippen LogP contribution >= 0.6 is 0 Å². The maximum atomic E-state index is 12.4. The molecule has 0 fully saturated rings. The minimum Gasteiger partial charge on any atom is -0.493 e. The summed E-state index contributed by atoms with van der Waals surface area (Å²) in [6.07, 6.45) is 0. The van der Waals surface area contributed by atoms with Crippen molar-refractivity contribution in [3.63, 3.8) is 0 Å². The van der Waals surface area contributed by atoms with Crippen LogP contribution in [-0.4, -0.2) is 24.6 Å². The third kappa shape index (κ3) is 4.40. The second kappa shape index (κ2) is 7.56. The molecular formula is C16H14F2N2O5. The molecule has 0 aromatic heterocycles. The van der Waals surface area contributed by atoms with Gasteiger partial charge in [-0.3, -0.25) is 14.9 Å². The van der Waals surface area contributed by atoms with Crippen molar-refractivity contribution in [1.82, 2.24) is 0 Å². The summed E-state index contributed by atoms with van der Waals surface area (Å²) in [4.78, 5) is 22.5. The molecule has 132 valence electrons. The SMILES string of the molecule is COc1ccc(NC(=O)c2ccc([N+](=O)[O-])c(C)c2)cc1OC(F)F. The number of halogens is 2. The molecule has 1 amide bonds. The quantitative estimate of drug-likeness (QED) is 0.631. The Balaban J connectivity index is 2.23. The highest BCUT2D eigenvalue weighted by Crippen LogP contribution is 2.31. The number of nitro benzene ring substituents is 1. The number of nitrogens with one attached hydrogen (secondary N) is 1. The molecule has 2 aromatic rings. The summed E-state index contributed by atoms with van der Waals surface area (Å²) in [5.74, 6) is -0.689. The van der Waals surface area contributed by atoms with E-state index in [9.17, 15) is 23.7 Å². The number of alkyl halides is 2. The first kappa shape index (κ1) is 18.1. The van der Waals surface area contributed by atoms with Crippen molar-refractivity contribution in [2.24, 2.45) is 0 Å². The maximum Gasteiger partial charge on any atom is 0.387 e. The molecule has 7 nitrogen and oxygen atoms in total. The number of hydrogen-bond donors (Lipinski definition) is 1. The number of methoxy groups -OCH3 is 1. The molecule has 0 aliphatic carbocycles. The van der Waals surface area contributed by atoms with Gasteiger partial charge in [0, 0.05) is 28.9 Å². The van der Waals surface area contributed by atoms with E-state index in [1.54, 1.807) is 0 Å². The van der Waals surface area contributed by atoms with Crippen LogP contribution in [0.2, 0.25) is 0 Å². The highest BCUT2D eigenvalue weighted by molar-refractivity contribution is 6.04. The molecule has 0 spiro atoms. The summed E-state index contributed by atoms with van der Waals surface area (Å²) in [6.45, 7) is -1.53. The fraction of sp³-hybridized carbons (Fsp3) is 0.188. The van der Waals surface area contributed by atoms with E-state index in [0.717, 1.165) is 0 Å². The Morgan fingerprint density at radius 3 is 2.48 bits per heavy atom. The van der Waals surface area contributed by atoms with Gasteiger partial charge in [-0.05, 0) is 31.2 Å². The van der Waals surface area contributed by atoms with Gasteiger partial charge >= 0.3 is 6.61 Å². The Kier molecular flexibility index (Phi) is 5.48. The number of nitro groups is 1. The number of nitrogens with zero attached hydrogens (tertiary/aromatic N) is 1. The zero-order valence-corrected chi connectivity index (χ0v) is 13.3. The summed E-state index contributed by atoms with van der Waals surface area (Å²) in [5, 5.41) is 13.3. The predicted molar refractivity (Wildman–Crippen MR) is 85.4 cm³/mol. The van der Waals surface area contributed by atoms with Crippen molar-refractivity contribution >= 4 is 17.3 Å². The van der Waals surface area contributed by atoms with Crippen LogP contribution in [-0.2, 0) is 0 Å². The van der Waals surface area contributed by atoms with Gasteiger partial charge in [0.1, 0.15) is 0 Å². The van der Waals surface area contributed by atoms with E-state index < -0.39 is 17.4 Å². The molecule has 0 atom stereocenters. The van der Waals surface area contributed by atoms with Gasteiger partial charge in [-0.1, -0.05) is 0 Å². The minimum atomic E-state index is -3.04. The summed E-state index contributed by atoms with van der Waals surface area (Å²) in [6, 6.07) is 7.92. The zero-order valence-electron chi connectivity index (χ0n) is 13.3. The normalized spacial score (nSPS) is 10.4. The van der Waals surface area contributed by atoms with Gasteiger partial charge in [0.05, 0.1) is 12.0 Å². The lowest BCUT2D eigenvalue weighted by atomic mass is 10.1. The minimum absolute atomic E-state index is 0.0875. The summed E-state index contributed by atoms with van der Waals surface area (Å²) >= 11 is 0. The van der Waals surface area contributed by atoms with Crippen molar-refractivity contribution < 1.29 is 28.0 Å². The van der Waals surface area contributed by atoms with E-state index in [4.69, 9.17) is 4.74 Å². The lowest BCUT2D eigenvalue weighted by Crippen LogP contribution is -2.13. The van der Waals surface area contributed by atoms with E-state index in [2.05, 4.69) is 10.1 Å². The molecule has 0 aliphatic heterocycles. The molecule has 2 aromatic carbocycles. The molecule has 0 saturated carbocycles. The lowest BCUT2D eigenvalue weighted by Gasteiger charge is -2.12. The topological polar surface area (TPSA) is 90.7 Å². The molecule has 9 heteroatoms. The monoisotopic (exact) mass is 352 g/mol. The average Bonchev–Trinajstić information content (AvgIpc) is 2.54. The standard InChI is InChI=1S/C16H14F2N2O5/c1-9-7-10(3-5-12(9)20(22)23)15(21)19-11-4-6-13(24-2)14(8-11)25-16(17)18/h3-8,16H,1-2H3,(H,19,21). The number of hydrogen-bond acceptors (Lipinski definition) is 5. The number of carbonyl (C=O) groups is 1. The van der Waals surface area contributed by atoms with Crippen molar-refractivity contribution in [2.75, 3.05) is 12.4 Å². The fourth-order valence-corrected chi connectivity index (χ4v) is 2.15. The van der Waals surface area contributed by atoms with E-state index in [0.29, 0.717) is 5.56 Å². The van der Waals surface area contributed by atoms with E-state index in [1.165, 1.54) is 50.4 Å². The molecule has 0 bridgehead atoms. The number of amides is 1. The molecular weight excluding hydrogens is 338 g/mol. The number of aryl methyl sites for hydroxylation is 1. The van der Waals surface area contributed by atoms with Crippen LogP contribution in [0.25, 0.3) is 0 Å². The Bertz CT molecular complexity index is 811. The average molecular weight is 352 g/mol. The van der Waals surface area contributed by atoms with Crippen molar-refractivity contribution in [2.45, 2.75) is 13.5 Å². The van der Waals surface area contributed by atoms with Gasteiger partial charge in [0.25, 0.3) is 11.6 Å². The Morgan fingerprint density at radius 2 is 1.92 bits per heavy atom. The largest absolute Gasteiger partial charge is 0.493 e. The van der Waals surface area contributed by atoms with Crippen LogP contribution in [0.15, 0.2) is 36.4 Å². The Morgan fingerprint density at radius 1 is 1.20 bits per heavy atom. The Hall–Kier alpha value is -3.23. The highest BCUT2D eigenvalue weighted by atomic mass is 19.3. The molecule has 1 N–H and O–H groups in total. The zero-order chi connectivity index (χ0) is 18.6. The highest BCUT2D eigenvalue weighted by Gasteiger charge is 2.16. The number of benzene rings is 2. The van der Waals surface area contributed by atoms with Gasteiger partial charge < -0.3 is 14.8 Å². The molecule has 0 aliphatic rings. The number of ether oxygens (including phenoxy) is 2. The summed E-state index contributed by atoms with van der Waals surface area (Å²) in [7, 11) is 1.30. The first-order chi connectivity index (χ1) is 11.8. The van der Waals surface area contributed by atoms with E-state index in [1.807, 2.05) is 0 Å². The van der Waals surface area contributed by atoms with E-state index in [-0.39, 0.29) is 28.4 Å². The number of rotatable bonds is 6. The van der Waals surface area contributed by atoms with E-state index >= 15 is 0 Å². The maximum absolute atomic E-state index is 12.4. The molecule has 25 heavy (non-hydrogen) atoms. The smallest absolute Gasteiger partial charge is 0.387 e. The fourth-order valence-electron chi connectivity index (χ4n) is 2.15. The number of anilines is 1. The lowest BCUT2D eigenvalue weighted by molar-refractivity contribution is -0.385. The predicted octanol–water partition coefficient (Wildman–Crippen LogP) is 3.77. The van der Waals surface area contributed by atoms with Gasteiger partial charge in [-0.2, -0.15) is 8.78 Å². The van der Waals surface area contributed by atoms with Crippen molar-refractivity contribution in [3.8, 4) is 11.5 Å². The molecule has 0 unspecified atom stereocenters. The van der Waals surface area contributed by atoms with Crippen LogP contribution in [0.3, 0.4) is 0 Å². The second-order valence-electron chi connectivity index (χ2n) is 4.96. The molecule has 0 radical (unpaired) electrons. The van der Waals surface area contributed by atoms with Crippen LogP contribution in [0.1, 0.15) is 15.9 Å². The third-order valence-electron chi connectivity index (χ3n) is 3.29. The van der Waals surface area contributed by atoms with Gasteiger partial charge in [-0.15, -0.1) is 0 Å². The third-order valence-corrected chi connectivity index (χ3v) is 3.29. The van der Waals surface area contributed by atoms with Crippen LogP contribution in [0, 0.1) is 17.0 Å². The molecule has 0 heterocycles. The molecule has 0 saturated heterocycles. The van der Waals surface area contributed by atoms with Gasteiger partial charge in [-0.25, -0.2) is 0 Å². The Labute approximate surface area is 141 Å². The van der Waals surface area contributed by atoms with Crippen LogP contribution in [0.5, 0.6) is 11.5 Å². The summed E-state index contributed by atoms with van der Waals surface area (Å²) in [5.41, 5.74) is 0.621. The second-order valence-corrected chi connectivity index (χ2v) is 4.96. The molecule has 2 rings (SSSR count). The van der Waals surface area contributed by atoms with Gasteiger partial charge in [0.2, 0.25) is 0 Å². The summed E-state index contributed by atoms with van der Waals surface area (Å²) < 4.78 is 34.1. The van der Waals surface area contributed by atoms with Crippen LogP contribution in [0.4, 0.5) is 20.2 Å². The first-order valence-electron chi connectivity index (χ1n) is 7.01. The first-order valence-corrected chi connectivity index (χ1v) is 7.01. The van der Waals surface area contributed by atoms with Crippen LogP contribution < -0.4 is 14.8 Å².